The fourth-order valence-corrected chi connectivity index (χ4v) is 5.18. The summed E-state index contributed by atoms with van der Waals surface area (Å²) in [6, 6.07) is 8.13. The number of hydrogen-bond donors (Lipinski definition) is 0. The Morgan fingerprint density at radius 3 is 2.68 bits per heavy atom. The van der Waals surface area contributed by atoms with Crippen molar-refractivity contribution in [2.75, 3.05) is 25.9 Å². The smallest absolute Gasteiger partial charge is 0.211 e. The van der Waals surface area contributed by atoms with Crippen LogP contribution in [0.1, 0.15) is 23.3 Å². The van der Waals surface area contributed by atoms with Crippen molar-refractivity contribution in [3.8, 4) is 0 Å². The van der Waals surface area contributed by atoms with Crippen LogP contribution in [-0.2, 0) is 23.0 Å². The van der Waals surface area contributed by atoms with E-state index in [9.17, 15) is 8.42 Å². The minimum Gasteiger partial charge on any atom is -0.303 e. The first-order valence-electron chi connectivity index (χ1n) is 8.63. The molecule has 3 heterocycles. The van der Waals surface area contributed by atoms with Gasteiger partial charge in [-0.3, -0.25) is 4.98 Å². The Hall–Kier alpha value is -1.28. The molecule has 0 aromatic carbocycles. The summed E-state index contributed by atoms with van der Waals surface area (Å²) in [5, 5.41) is 2.12. The predicted molar refractivity (Wildman–Crippen MR) is 102 cm³/mol. The van der Waals surface area contributed by atoms with Crippen molar-refractivity contribution in [2.24, 2.45) is 0 Å². The Labute approximate surface area is 154 Å². The van der Waals surface area contributed by atoms with Crippen LogP contribution in [0.15, 0.2) is 42.0 Å². The molecule has 0 amide bonds. The fourth-order valence-electron chi connectivity index (χ4n) is 3.34. The summed E-state index contributed by atoms with van der Waals surface area (Å²) in [5.41, 5.74) is 0.938. The van der Waals surface area contributed by atoms with E-state index < -0.39 is 10.0 Å². The Kier molecular flexibility index (Phi) is 6.22. The quantitative estimate of drug-likeness (QED) is 0.742. The number of rotatable bonds is 7. The third-order valence-corrected chi connectivity index (χ3v) is 6.92. The van der Waals surface area contributed by atoms with Gasteiger partial charge in [0.2, 0.25) is 10.0 Å². The number of piperidine rings is 1. The van der Waals surface area contributed by atoms with Gasteiger partial charge in [-0.1, -0.05) is 12.1 Å². The van der Waals surface area contributed by atoms with Crippen molar-refractivity contribution in [2.45, 2.75) is 31.8 Å². The highest BCUT2D eigenvalue weighted by molar-refractivity contribution is 7.88. The van der Waals surface area contributed by atoms with Gasteiger partial charge >= 0.3 is 0 Å². The zero-order valence-electron chi connectivity index (χ0n) is 14.5. The minimum atomic E-state index is -3.24. The van der Waals surface area contributed by atoms with Crippen LogP contribution in [-0.4, -0.2) is 54.5 Å². The number of pyridine rings is 1. The summed E-state index contributed by atoms with van der Waals surface area (Å²) in [6.45, 7) is 3.37. The van der Waals surface area contributed by atoms with Gasteiger partial charge < -0.3 is 4.90 Å². The first kappa shape index (κ1) is 18.5. The second-order valence-electron chi connectivity index (χ2n) is 6.57. The molecule has 0 atom stereocenters. The van der Waals surface area contributed by atoms with E-state index >= 15 is 0 Å². The maximum Gasteiger partial charge on any atom is 0.211 e. The van der Waals surface area contributed by atoms with Gasteiger partial charge in [-0.05, 0) is 55.4 Å². The van der Waals surface area contributed by atoms with E-state index in [0.29, 0.717) is 6.54 Å². The van der Waals surface area contributed by atoms with Crippen LogP contribution in [0.4, 0.5) is 0 Å². The van der Waals surface area contributed by atoms with Crippen molar-refractivity contribution in [3.63, 3.8) is 0 Å². The van der Waals surface area contributed by atoms with E-state index in [1.165, 1.54) is 11.1 Å². The molecule has 136 valence electrons. The summed E-state index contributed by atoms with van der Waals surface area (Å²) in [6.07, 6.45) is 7.62. The molecule has 0 bridgehead atoms. The van der Waals surface area contributed by atoms with E-state index in [0.717, 1.165) is 44.5 Å². The highest BCUT2D eigenvalue weighted by Crippen LogP contribution is 2.22. The molecule has 2 aromatic heterocycles. The molecule has 0 unspecified atom stereocenters. The van der Waals surface area contributed by atoms with E-state index in [1.54, 1.807) is 28.0 Å². The molecule has 0 aliphatic carbocycles. The first-order chi connectivity index (χ1) is 12.0. The number of thiophene rings is 1. The van der Waals surface area contributed by atoms with Crippen LogP contribution in [0, 0.1) is 0 Å². The Bertz CT molecular complexity index is 740. The number of nitrogens with zero attached hydrogens (tertiary/aromatic N) is 3. The molecule has 3 rings (SSSR count). The molecule has 1 aliphatic rings. The Balaban J connectivity index is 1.56. The van der Waals surface area contributed by atoms with E-state index in [4.69, 9.17) is 0 Å². The van der Waals surface area contributed by atoms with Gasteiger partial charge in [0.25, 0.3) is 0 Å². The molecule has 25 heavy (non-hydrogen) atoms. The summed E-state index contributed by atoms with van der Waals surface area (Å²) < 4.78 is 26.2. The van der Waals surface area contributed by atoms with Crippen LogP contribution in [0.5, 0.6) is 0 Å². The number of likely N-dealkylation sites (tertiary alicyclic amines) is 1. The molecule has 2 aromatic rings. The van der Waals surface area contributed by atoms with Crippen LogP contribution >= 0.6 is 11.3 Å². The van der Waals surface area contributed by atoms with Crippen LogP contribution in [0.3, 0.4) is 0 Å². The lowest BCUT2D eigenvalue weighted by Gasteiger charge is -2.37. The lowest BCUT2D eigenvalue weighted by Crippen LogP contribution is -2.47. The van der Waals surface area contributed by atoms with Crippen LogP contribution < -0.4 is 0 Å². The molecular formula is C18H25N3O2S2. The van der Waals surface area contributed by atoms with E-state index in [-0.39, 0.29) is 6.04 Å². The maximum absolute atomic E-state index is 12.3. The molecule has 5 nitrogen and oxygen atoms in total. The SMILES string of the molecule is CS(=O)(=O)N(Cc1cccnc1)C1CCN(CCc2cccs2)CC1. The van der Waals surface area contributed by atoms with E-state index in [1.807, 2.05) is 12.1 Å². The minimum absolute atomic E-state index is 0.0770. The lowest BCUT2D eigenvalue weighted by atomic mass is 10.0. The third kappa shape index (κ3) is 5.34. The van der Waals surface area contributed by atoms with Crippen molar-refractivity contribution < 1.29 is 8.42 Å². The number of hydrogen-bond acceptors (Lipinski definition) is 5. The average Bonchev–Trinajstić information content (AvgIpc) is 3.12. The fraction of sp³-hybridized carbons (Fsp3) is 0.500. The number of aromatic nitrogens is 1. The molecule has 0 spiro atoms. The highest BCUT2D eigenvalue weighted by Gasteiger charge is 2.30. The normalized spacial score (nSPS) is 17.2. The Morgan fingerprint density at radius 2 is 2.08 bits per heavy atom. The average molecular weight is 380 g/mol. The zero-order chi connectivity index (χ0) is 17.7. The largest absolute Gasteiger partial charge is 0.303 e. The molecular weight excluding hydrogens is 354 g/mol. The standard InChI is InChI=1S/C18H25N3O2S2/c1-25(22,23)21(15-16-4-2-9-19-14-16)17-6-10-20(11-7-17)12-8-18-5-3-13-24-18/h2-5,9,13-14,17H,6-8,10-12,15H2,1H3. The predicted octanol–water partition coefficient (Wildman–Crippen LogP) is 2.61. The molecule has 0 N–H and O–H groups in total. The lowest BCUT2D eigenvalue weighted by molar-refractivity contribution is 0.158. The van der Waals surface area contributed by atoms with Gasteiger partial charge in [0.15, 0.2) is 0 Å². The second-order valence-corrected chi connectivity index (χ2v) is 9.54. The molecule has 1 saturated heterocycles. The maximum atomic E-state index is 12.3. The molecule has 1 fully saturated rings. The van der Waals surface area contributed by atoms with Gasteiger partial charge in [0.1, 0.15) is 0 Å². The van der Waals surface area contributed by atoms with Gasteiger partial charge in [0.05, 0.1) is 6.26 Å². The first-order valence-corrected chi connectivity index (χ1v) is 11.4. The number of sulfonamides is 1. The molecule has 7 heteroatoms. The molecule has 1 aliphatic heterocycles. The van der Waals surface area contributed by atoms with Gasteiger partial charge in [0, 0.05) is 36.4 Å². The van der Waals surface area contributed by atoms with Crippen molar-refractivity contribution >= 4 is 21.4 Å². The monoisotopic (exact) mass is 379 g/mol. The second kappa shape index (κ2) is 8.40. The van der Waals surface area contributed by atoms with Crippen LogP contribution in [0.2, 0.25) is 0 Å². The Morgan fingerprint density at radius 1 is 1.28 bits per heavy atom. The van der Waals surface area contributed by atoms with E-state index in [2.05, 4.69) is 27.4 Å². The topological polar surface area (TPSA) is 53.5 Å². The summed E-state index contributed by atoms with van der Waals surface area (Å²) in [7, 11) is -3.24. The summed E-state index contributed by atoms with van der Waals surface area (Å²) in [5.74, 6) is 0. The van der Waals surface area contributed by atoms with Crippen LogP contribution in [0.25, 0.3) is 0 Å². The van der Waals surface area contributed by atoms with Crippen molar-refractivity contribution in [1.29, 1.82) is 0 Å². The zero-order valence-corrected chi connectivity index (χ0v) is 16.2. The van der Waals surface area contributed by atoms with Gasteiger partial charge in [-0.2, -0.15) is 4.31 Å². The summed E-state index contributed by atoms with van der Waals surface area (Å²) >= 11 is 1.80. The molecule has 0 radical (unpaired) electrons. The summed E-state index contributed by atoms with van der Waals surface area (Å²) in [4.78, 5) is 7.96. The van der Waals surface area contributed by atoms with Crippen molar-refractivity contribution in [1.82, 2.24) is 14.2 Å². The van der Waals surface area contributed by atoms with Gasteiger partial charge in [-0.25, -0.2) is 8.42 Å². The third-order valence-electron chi connectivity index (χ3n) is 4.71. The van der Waals surface area contributed by atoms with Crippen molar-refractivity contribution in [3.05, 3.63) is 52.5 Å². The molecule has 0 saturated carbocycles. The van der Waals surface area contributed by atoms with Gasteiger partial charge in [-0.15, -0.1) is 11.3 Å². The highest BCUT2D eigenvalue weighted by atomic mass is 32.2.